The summed E-state index contributed by atoms with van der Waals surface area (Å²) in [6.45, 7) is 3.05. The van der Waals surface area contributed by atoms with Crippen molar-refractivity contribution in [2.24, 2.45) is 0 Å². The van der Waals surface area contributed by atoms with Crippen molar-refractivity contribution in [2.45, 2.75) is 25.4 Å². The van der Waals surface area contributed by atoms with Gasteiger partial charge < -0.3 is 10.6 Å². The molecule has 1 aromatic carbocycles. The molecular weight excluding hydrogens is 306 g/mol. The zero-order valence-corrected chi connectivity index (χ0v) is 12.7. The summed E-state index contributed by atoms with van der Waals surface area (Å²) in [5, 5.41) is 5.58. The molecule has 104 valence electrons. The number of nitrogens with one attached hydrogen (secondary N) is 2. The van der Waals surface area contributed by atoms with E-state index in [9.17, 15) is 4.79 Å². The van der Waals surface area contributed by atoms with Gasteiger partial charge in [-0.1, -0.05) is 28.1 Å². The largest absolute Gasteiger partial charge is 0.341 e. The molecule has 5 heteroatoms. The Morgan fingerprint density at radius 3 is 2.53 bits per heavy atom. The molecule has 2 N–H and O–H groups in total. The van der Waals surface area contributed by atoms with Crippen molar-refractivity contribution in [1.29, 1.82) is 0 Å². The second kappa shape index (κ2) is 6.91. The molecule has 0 bridgehead atoms. The number of benzene rings is 1. The van der Waals surface area contributed by atoms with Crippen molar-refractivity contribution in [3.05, 3.63) is 34.3 Å². The highest BCUT2D eigenvalue weighted by molar-refractivity contribution is 9.10. The third kappa shape index (κ3) is 4.51. The van der Waals surface area contributed by atoms with Crippen LogP contribution in [0.25, 0.3) is 0 Å². The highest BCUT2D eigenvalue weighted by Crippen LogP contribution is 2.16. The van der Waals surface area contributed by atoms with Crippen LogP contribution in [0.3, 0.4) is 0 Å². The normalized spacial score (nSPS) is 17.2. The van der Waals surface area contributed by atoms with Gasteiger partial charge in [-0.2, -0.15) is 0 Å². The lowest BCUT2D eigenvalue weighted by Crippen LogP contribution is -2.46. The Balaban J connectivity index is 1.77. The minimum absolute atomic E-state index is 0.0774. The van der Waals surface area contributed by atoms with Crippen molar-refractivity contribution >= 4 is 22.0 Å². The Hall–Kier alpha value is -1.07. The third-order valence-electron chi connectivity index (χ3n) is 3.47. The molecule has 0 spiro atoms. The van der Waals surface area contributed by atoms with Crippen LogP contribution in [0.5, 0.6) is 0 Å². The highest BCUT2D eigenvalue weighted by atomic mass is 79.9. The van der Waals surface area contributed by atoms with Gasteiger partial charge in [0.1, 0.15) is 0 Å². The Morgan fingerprint density at radius 1 is 1.32 bits per heavy atom. The molecule has 1 aliphatic heterocycles. The molecule has 2 rings (SSSR count). The van der Waals surface area contributed by atoms with Crippen molar-refractivity contribution < 1.29 is 4.79 Å². The van der Waals surface area contributed by atoms with Gasteiger partial charge in [0.05, 0.1) is 0 Å². The number of nitrogens with zero attached hydrogens (tertiary/aromatic N) is 1. The number of carbonyl (C=O) groups excluding carboxylic acids is 1. The van der Waals surface area contributed by atoms with E-state index < -0.39 is 0 Å². The smallest absolute Gasteiger partial charge is 0.314 e. The van der Waals surface area contributed by atoms with Gasteiger partial charge in [-0.05, 0) is 30.5 Å². The monoisotopic (exact) mass is 325 g/mol. The Bertz CT molecular complexity index is 413. The van der Waals surface area contributed by atoms with Crippen molar-refractivity contribution in [3.63, 3.8) is 0 Å². The van der Waals surface area contributed by atoms with Gasteiger partial charge in [-0.3, -0.25) is 4.90 Å². The first-order chi connectivity index (χ1) is 9.17. The molecule has 0 aliphatic carbocycles. The molecule has 1 aromatic rings. The van der Waals surface area contributed by atoms with Crippen LogP contribution in [0.15, 0.2) is 28.7 Å². The molecule has 0 saturated carbocycles. The standard InChI is InChI=1S/C14H20BrN3O/c1-16-14(19)17-13-6-8-18(9-7-13)10-11-2-4-12(15)5-3-11/h2-5,13H,6-10H2,1H3,(H2,16,17,19). The summed E-state index contributed by atoms with van der Waals surface area (Å²) in [7, 11) is 1.65. The number of likely N-dealkylation sites (tertiary alicyclic amines) is 1. The summed E-state index contributed by atoms with van der Waals surface area (Å²) < 4.78 is 1.12. The SMILES string of the molecule is CNC(=O)NC1CCN(Cc2ccc(Br)cc2)CC1. The van der Waals surface area contributed by atoms with Gasteiger partial charge in [-0.15, -0.1) is 0 Å². The number of amides is 2. The molecule has 1 aliphatic rings. The third-order valence-corrected chi connectivity index (χ3v) is 4.00. The van der Waals surface area contributed by atoms with Gasteiger partial charge in [0, 0.05) is 37.2 Å². The van der Waals surface area contributed by atoms with Crippen LogP contribution in [-0.2, 0) is 6.54 Å². The summed E-state index contributed by atoms with van der Waals surface area (Å²) in [5.41, 5.74) is 1.33. The van der Waals surface area contributed by atoms with Gasteiger partial charge >= 0.3 is 6.03 Å². The quantitative estimate of drug-likeness (QED) is 0.895. The van der Waals surface area contributed by atoms with Gasteiger partial charge in [0.2, 0.25) is 0 Å². The van der Waals surface area contributed by atoms with E-state index in [2.05, 4.69) is 55.7 Å². The molecule has 1 saturated heterocycles. The summed E-state index contributed by atoms with van der Waals surface area (Å²) in [4.78, 5) is 13.7. The molecule has 0 aromatic heterocycles. The zero-order chi connectivity index (χ0) is 13.7. The summed E-state index contributed by atoms with van der Waals surface area (Å²) in [6.07, 6.45) is 2.04. The van der Waals surface area contributed by atoms with E-state index in [-0.39, 0.29) is 6.03 Å². The Labute approximate surface area is 122 Å². The van der Waals surface area contributed by atoms with E-state index in [0.29, 0.717) is 6.04 Å². The number of hydrogen-bond acceptors (Lipinski definition) is 2. The van der Waals surface area contributed by atoms with E-state index in [1.54, 1.807) is 7.05 Å². The maximum atomic E-state index is 11.2. The second-order valence-electron chi connectivity index (χ2n) is 4.90. The van der Waals surface area contributed by atoms with Gasteiger partial charge in [-0.25, -0.2) is 4.79 Å². The fourth-order valence-corrected chi connectivity index (χ4v) is 2.61. The lowest BCUT2D eigenvalue weighted by atomic mass is 10.0. The summed E-state index contributed by atoms with van der Waals surface area (Å²) in [5.74, 6) is 0. The van der Waals surface area contributed by atoms with Crippen molar-refractivity contribution in [2.75, 3.05) is 20.1 Å². The first kappa shape index (κ1) is 14.3. The topological polar surface area (TPSA) is 44.4 Å². The predicted octanol–water partition coefficient (Wildman–Crippen LogP) is 2.34. The van der Waals surface area contributed by atoms with Gasteiger partial charge in [0.15, 0.2) is 0 Å². The van der Waals surface area contributed by atoms with E-state index in [1.807, 2.05) is 0 Å². The summed E-state index contributed by atoms with van der Waals surface area (Å²) >= 11 is 3.45. The fourth-order valence-electron chi connectivity index (χ4n) is 2.34. The van der Waals surface area contributed by atoms with Crippen LogP contribution in [0.2, 0.25) is 0 Å². The minimum Gasteiger partial charge on any atom is -0.341 e. The lowest BCUT2D eigenvalue weighted by molar-refractivity contribution is 0.187. The molecule has 0 unspecified atom stereocenters. The minimum atomic E-state index is -0.0774. The van der Waals surface area contributed by atoms with Gasteiger partial charge in [0.25, 0.3) is 0 Å². The van der Waals surface area contributed by atoms with Crippen LogP contribution in [0.4, 0.5) is 4.79 Å². The first-order valence-corrected chi connectivity index (χ1v) is 7.41. The molecule has 2 amide bonds. The molecule has 1 fully saturated rings. The number of halogens is 1. The highest BCUT2D eigenvalue weighted by Gasteiger charge is 2.20. The Morgan fingerprint density at radius 2 is 1.95 bits per heavy atom. The fraction of sp³-hybridized carbons (Fsp3) is 0.500. The second-order valence-corrected chi connectivity index (χ2v) is 5.82. The van der Waals surface area contributed by atoms with Crippen LogP contribution in [-0.4, -0.2) is 37.1 Å². The van der Waals surface area contributed by atoms with Crippen molar-refractivity contribution in [3.8, 4) is 0 Å². The maximum Gasteiger partial charge on any atom is 0.314 e. The number of carbonyl (C=O) groups is 1. The lowest BCUT2D eigenvalue weighted by Gasteiger charge is -2.32. The number of urea groups is 1. The van der Waals surface area contributed by atoms with Crippen LogP contribution in [0.1, 0.15) is 18.4 Å². The van der Waals surface area contributed by atoms with E-state index in [4.69, 9.17) is 0 Å². The van der Waals surface area contributed by atoms with E-state index in [1.165, 1.54) is 5.56 Å². The zero-order valence-electron chi connectivity index (χ0n) is 11.2. The predicted molar refractivity (Wildman–Crippen MR) is 80.0 cm³/mol. The van der Waals surface area contributed by atoms with Crippen LogP contribution in [0, 0.1) is 0 Å². The maximum absolute atomic E-state index is 11.2. The Kier molecular flexibility index (Phi) is 5.22. The van der Waals surface area contributed by atoms with Crippen LogP contribution >= 0.6 is 15.9 Å². The van der Waals surface area contributed by atoms with Crippen LogP contribution < -0.4 is 10.6 Å². The molecule has 0 radical (unpaired) electrons. The molecule has 19 heavy (non-hydrogen) atoms. The average Bonchev–Trinajstić information content (AvgIpc) is 2.43. The molecule has 1 heterocycles. The number of hydrogen-bond donors (Lipinski definition) is 2. The summed E-state index contributed by atoms with van der Waals surface area (Å²) in [6, 6.07) is 8.69. The number of piperidine rings is 1. The van der Waals surface area contributed by atoms with Crippen molar-refractivity contribution in [1.82, 2.24) is 15.5 Å². The first-order valence-electron chi connectivity index (χ1n) is 6.62. The molecule has 0 atom stereocenters. The molecular formula is C14H20BrN3O. The van der Waals surface area contributed by atoms with E-state index >= 15 is 0 Å². The molecule has 4 nitrogen and oxygen atoms in total. The average molecular weight is 326 g/mol. The number of rotatable bonds is 3. The van der Waals surface area contributed by atoms with E-state index in [0.717, 1.165) is 36.9 Å².